The first kappa shape index (κ1) is 10.8. The molecule has 0 unspecified atom stereocenters. The summed E-state index contributed by atoms with van der Waals surface area (Å²) in [5.74, 6) is 0.450. The number of aryl methyl sites for hydroxylation is 2. The molecule has 6 heteroatoms. The molecule has 0 fully saturated rings. The molecule has 2 rings (SSSR count). The molecule has 0 saturated heterocycles. The largest absolute Gasteiger partial charge is 0.309 e. The summed E-state index contributed by atoms with van der Waals surface area (Å²) >= 11 is 1.54. The number of rotatable bonds is 3. The average Bonchev–Trinajstić information content (AvgIpc) is 2.76. The standard InChI is InChI=1S/C10H12N4OS/c1-6-3-9(14-13-6)12-10(15)4-8-5-16-7(2)11-8/h3,5H,4H2,1-2H3,(H2,12,13,14,15). The lowest BCUT2D eigenvalue weighted by molar-refractivity contribution is -0.115. The van der Waals surface area contributed by atoms with Crippen LogP contribution in [0.5, 0.6) is 0 Å². The number of anilines is 1. The quantitative estimate of drug-likeness (QED) is 0.851. The number of hydrogen-bond acceptors (Lipinski definition) is 4. The highest BCUT2D eigenvalue weighted by Crippen LogP contribution is 2.10. The number of nitrogens with one attached hydrogen (secondary N) is 2. The second-order valence-corrected chi connectivity index (χ2v) is 4.58. The first-order valence-electron chi connectivity index (χ1n) is 4.86. The van der Waals surface area contributed by atoms with Crippen molar-refractivity contribution in [2.75, 3.05) is 5.32 Å². The zero-order valence-electron chi connectivity index (χ0n) is 9.07. The summed E-state index contributed by atoms with van der Waals surface area (Å²) in [5.41, 5.74) is 1.71. The third kappa shape index (κ3) is 2.66. The van der Waals surface area contributed by atoms with Crippen molar-refractivity contribution < 1.29 is 4.79 Å². The maximum absolute atomic E-state index is 11.6. The van der Waals surface area contributed by atoms with Crippen molar-refractivity contribution in [2.45, 2.75) is 20.3 Å². The van der Waals surface area contributed by atoms with Crippen LogP contribution in [-0.2, 0) is 11.2 Å². The number of carbonyl (C=O) groups excluding carboxylic acids is 1. The molecule has 0 aliphatic rings. The zero-order valence-corrected chi connectivity index (χ0v) is 9.89. The van der Waals surface area contributed by atoms with Crippen LogP contribution in [0, 0.1) is 13.8 Å². The number of H-pyrrole nitrogens is 1. The molecule has 0 aliphatic carbocycles. The maximum atomic E-state index is 11.6. The van der Waals surface area contributed by atoms with Gasteiger partial charge in [-0.2, -0.15) is 5.10 Å². The van der Waals surface area contributed by atoms with E-state index < -0.39 is 0 Å². The summed E-state index contributed by atoms with van der Waals surface area (Å²) in [6.45, 7) is 3.80. The molecule has 84 valence electrons. The second-order valence-electron chi connectivity index (χ2n) is 3.52. The third-order valence-corrected chi connectivity index (χ3v) is 2.80. The molecule has 0 bridgehead atoms. The van der Waals surface area contributed by atoms with E-state index in [-0.39, 0.29) is 12.3 Å². The first-order valence-corrected chi connectivity index (χ1v) is 5.74. The van der Waals surface area contributed by atoms with Crippen LogP contribution in [0.25, 0.3) is 0 Å². The van der Waals surface area contributed by atoms with Gasteiger partial charge < -0.3 is 5.32 Å². The minimum Gasteiger partial charge on any atom is -0.309 e. The lowest BCUT2D eigenvalue weighted by atomic mass is 10.3. The molecule has 2 aromatic rings. The van der Waals surface area contributed by atoms with Gasteiger partial charge >= 0.3 is 0 Å². The van der Waals surface area contributed by atoms with Crippen LogP contribution >= 0.6 is 11.3 Å². The average molecular weight is 236 g/mol. The molecular formula is C10H12N4OS. The van der Waals surface area contributed by atoms with Gasteiger partial charge in [0.25, 0.3) is 0 Å². The summed E-state index contributed by atoms with van der Waals surface area (Å²) in [7, 11) is 0. The number of carbonyl (C=O) groups is 1. The van der Waals surface area contributed by atoms with Gasteiger partial charge in [-0.05, 0) is 13.8 Å². The molecule has 16 heavy (non-hydrogen) atoms. The van der Waals surface area contributed by atoms with Gasteiger partial charge in [-0.3, -0.25) is 9.89 Å². The summed E-state index contributed by atoms with van der Waals surface area (Å²) < 4.78 is 0. The predicted octanol–water partition coefficient (Wildman–Crippen LogP) is 1.66. The van der Waals surface area contributed by atoms with Gasteiger partial charge in [-0.15, -0.1) is 11.3 Å². The lowest BCUT2D eigenvalue weighted by Crippen LogP contribution is -2.14. The number of thiazole rings is 1. The zero-order chi connectivity index (χ0) is 11.5. The molecule has 0 radical (unpaired) electrons. The molecule has 2 N–H and O–H groups in total. The van der Waals surface area contributed by atoms with Crippen LogP contribution in [0.4, 0.5) is 5.82 Å². The molecule has 5 nitrogen and oxygen atoms in total. The van der Waals surface area contributed by atoms with Crippen LogP contribution in [0.15, 0.2) is 11.4 Å². The number of aromatic amines is 1. The minimum atomic E-state index is -0.100. The Bertz CT molecular complexity index is 458. The SMILES string of the molecule is Cc1cc(NC(=O)Cc2csc(C)n2)n[nH]1. The Morgan fingerprint density at radius 1 is 1.56 bits per heavy atom. The summed E-state index contributed by atoms with van der Waals surface area (Å²) in [5, 5.41) is 12.3. The van der Waals surface area contributed by atoms with Gasteiger partial charge in [0, 0.05) is 17.1 Å². The third-order valence-electron chi connectivity index (χ3n) is 1.98. The van der Waals surface area contributed by atoms with Crippen molar-refractivity contribution >= 4 is 23.1 Å². The van der Waals surface area contributed by atoms with Gasteiger partial charge in [0.1, 0.15) is 0 Å². The van der Waals surface area contributed by atoms with E-state index in [4.69, 9.17) is 0 Å². The number of aromatic nitrogens is 3. The van der Waals surface area contributed by atoms with Crippen molar-refractivity contribution in [1.29, 1.82) is 0 Å². The minimum absolute atomic E-state index is 0.100. The normalized spacial score (nSPS) is 10.4. The van der Waals surface area contributed by atoms with E-state index in [0.29, 0.717) is 5.82 Å². The molecular weight excluding hydrogens is 224 g/mol. The van der Waals surface area contributed by atoms with E-state index in [1.54, 1.807) is 17.4 Å². The Hall–Kier alpha value is -1.69. The van der Waals surface area contributed by atoms with E-state index in [1.165, 1.54) is 0 Å². The van der Waals surface area contributed by atoms with Gasteiger partial charge in [0.15, 0.2) is 5.82 Å². The van der Waals surface area contributed by atoms with E-state index in [1.807, 2.05) is 19.2 Å². The lowest BCUT2D eigenvalue weighted by Gasteiger charge is -1.98. The Kier molecular flexibility index (Phi) is 3.00. The van der Waals surface area contributed by atoms with E-state index in [2.05, 4.69) is 20.5 Å². The molecule has 2 aromatic heterocycles. The second kappa shape index (κ2) is 4.44. The van der Waals surface area contributed by atoms with Crippen LogP contribution in [0.2, 0.25) is 0 Å². The van der Waals surface area contributed by atoms with Crippen molar-refractivity contribution in [3.8, 4) is 0 Å². The Labute approximate surface area is 96.9 Å². The van der Waals surface area contributed by atoms with Gasteiger partial charge in [-0.25, -0.2) is 4.98 Å². The van der Waals surface area contributed by atoms with E-state index >= 15 is 0 Å². The van der Waals surface area contributed by atoms with Crippen molar-refractivity contribution in [3.05, 3.63) is 27.8 Å². The molecule has 2 heterocycles. The van der Waals surface area contributed by atoms with Crippen LogP contribution in [0.3, 0.4) is 0 Å². The van der Waals surface area contributed by atoms with Crippen molar-refractivity contribution in [2.24, 2.45) is 0 Å². The molecule has 0 spiro atoms. The number of hydrogen-bond donors (Lipinski definition) is 2. The van der Waals surface area contributed by atoms with Crippen LogP contribution in [0.1, 0.15) is 16.4 Å². The Morgan fingerprint density at radius 2 is 2.38 bits per heavy atom. The van der Waals surface area contributed by atoms with Gasteiger partial charge in [-0.1, -0.05) is 0 Å². The van der Waals surface area contributed by atoms with Gasteiger partial charge in [0.05, 0.1) is 17.1 Å². The fraction of sp³-hybridized carbons (Fsp3) is 0.300. The number of amides is 1. The molecule has 0 atom stereocenters. The summed E-state index contributed by atoms with van der Waals surface area (Å²) in [4.78, 5) is 15.8. The van der Waals surface area contributed by atoms with Crippen molar-refractivity contribution in [3.63, 3.8) is 0 Å². The Morgan fingerprint density at radius 3 is 2.94 bits per heavy atom. The van der Waals surface area contributed by atoms with Crippen LogP contribution < -0.4 is 5.32 Å². The highest BCUT2D eigenvalue weighted by molar-refractivity contribution is 7.09. The fourth-order valence-corrected chi connectivity index (χ4v) is 1.94. The van der Waals surface area contributed by atoms with E-state index in [0.717, 1.165) is 16.4 Å². The van der Waals surface area contributed by atoms with Gasteiger partial charge in [0.2, 0.25) is 5.91 Å². The fourth-order valence-electron chi connectivity index (χ4n) is 1.32. The van der Waals surface area contributed by atoms with Crippen LogP contribution in [-0.4, -0.2) is 21.1 Å². The van der Waals surface area contributed by atoms with Crippen molar-refractivity contribution in [1.82, 2.24) is 15.2 Å². The molecule has 0 aromatic carbocycles. The Balaban J connectivity index is 1.94. The first-order chi connectivity index (χ1) is 7.63. The molecule has 0 saturated carbocycles. The number of nitrogens with zero attached hydrogens (tertiary/aromatic N) is 2. The highest BCUT2D eigenvalue weighted by Gasteiger charge is 2.08. The maximum Gasteiger partial charge on any atom is 0.231 e. The topological polar surface area (TPSA) is 70.7 Å². The summed E-state index contributed by atoms with van der Waals surface area (Å²) in [6, 6.07) is 1.78. The van der Waals surface area contributed by atoms with E-state index in [9.17, 15) is 4.79 Å². The highest BCUT2D eigenvalue weighted by atomic mass is 32.1. The summed E-state index contributed by atoms with van der Waals surface area (Å²) in [6.07, 6.45) is 0.288. The molecule has 1 amide bonds. The molecule has 0 aliphatic heterocycles. The predicted molar refractivity (Wildman–Crippen MR) is 62.5 cm³/mol. The monoisotopic (exact) mass is 236 g/mol. The smallest absolute Gasteiger partial charge is 0.231 e.